The summed E-state index contributed by atoms with van der Waals surface area (Å²) >= 11 is 0. The van der Waals surface area contributed by atoms with Crippen LogP contribution in [0.2, 0.25) is 0 Å². The topological polar surface area (TPSA) is 33.1 Å². The number of nitrogens with one attached hydrogen (secondary N) is 1. The molecular formula is C16H30N4. The van der Waals surface area contributed by atoms with Gasteiger partial charge in [0.05, 0.1) is 11.4 Å². The molecule has 1 N–H and O–H groups in total. The summed E-state index contributed by atoms with van der Waals surface area (Å²) in [5, 5.41) is 8.18. The first-order valence-corrected chi connectivity index (χ1v) is 7.92. The second-order valence-electron chi connectivity index (χ2n) is 6.75. The van der Waals surface area contributed by atoms with Gasteiger partial charge in [0.25, 0.3) is 0 Å². The van der Waals surface area contributed by atoms with Crippen LogP contribution in [-0.4, -0.2) is 39.9 Å². The Balaban J connectivity index is 2.04. The fourth-order valence-corrected chi connectivity index (χ4v) is 3.17. The number of hydrogen-bond donors (Lipinski definition) is 1. The Kier molecular flexibility index (Phi) is 5.22. The monoisotopic (exact) mass is 278 g/mol. The standard InChI is InChI=1S/C16H30N4/c1-12(2)8-15-10-20(14(4)6-7-17-15)11-16-9-13(3)18-19(16)5/h9,12,14-15,17H,6-8,10-11H2,1-5H3. The lowest BCUT2D eigenvalue weighted by Crippen LogP contribution is -2.40. The van der Waals surface area contributed by atoms with E-state index in [1.54, 1.807) is 0 Å². The van der Waals surface area contributed by atoms with Crippen LogP contribution >= 0.6 is 0 Å². The van der Waals surface area contributed by atoms with Crippen molar-refractivity contribution in [3.63, 3.8) is 0 Å². The predicted octanol–water partition coefficient (Wildman–Crippen LogP) is 2.33. The van der Waals surface area contributed by atoms with Crippen LogP contribution in [-0.2, 0) is 13.6 Å². The maximum atomic E-state index is 4.47. The zero-order valence-electron chi connectivity index (χ0n) is 13.7. The maximum Gasteiger partial charge on any atom is 0.0597 e. The number of aryl methyl sites for hydroxylation is 2. The van der Waals surface area contributed by atoms with E-state index < -0.39 is 0 Å². The summed E-state index contributed by atoms with van der Waals surface area (Å²) < 4.78 is 2.03. The fourth-order valence-electron chi connectivity index (χ4n) is 3.17. The van der Waals surface area contributed by atoms with Gasteiger partial charge in [-0.25, -0.2) is 0 Å². The molecule has 1 fully saturated rings. The number of hydrogen-bond acceptors (Lipinski definition) is 3. The van der Waals surface area contributed by atoms with E-state index in [9.17, 15) is 0 Å². The second-order valence-corrected chi connectivity index (χ2v) is 6.75. The average Bonchev–Trinajstić information content (AvgIpc) is 2.54. The summed E-state index contributed by atoms with van der Waals surface area (Å²) in [7, 11) is 2.05. The highest BCUT2D eigenvalue weighted by molar-refractivity contribution is 5.08. The lowest BCUT2D eigenvalue weighted by Gasteiger charge is -2.29. The molecule has 0 spiro atoms. The van der Waals surface area contributed by atoms with Crippen molar-refractivity contribution in [3.8, 4) is 0 Å². The third-order valence-electron chi connectivity index (χ3n) is 4.29. The van der Waals surface area contributed by atoms with Gasteiger partial charge in [0.2, 0.25) is 0 Å². The summed E-state index contributed by atoms with van der Waals surface area (Å²) in [6, 6.07) is 3.46. The lowest BCUT2D eigenvalue weighted by molar-refractivity contribution is 0.185. The molecule has 0 saturated carbocycles. The van der Waals surface area contributed by atoms with E-state index >= 15 is 0 Å². The molecule has 1 aromatic rings. The van der Waals surface area contributed by atoms with Crippen molar-refractivity contribution in [1.82, 2.24) is 20.0 Å². The second kappa shape index (κ2) is 6.72. The van der Waals surface area contributed by atoms with E-state index in [2.05, 4.69) is 56.1 Å². The molecule has 0 aliphatic carbocycles. The Hall–Kier alpha value is -0.870. The first-order valence-electron chi connectivity index (χ1n) is 7.92. The van der Waals surface area contributed by atoms with Crippen molar-refractivity contribution < 1.29 is 0 Å². The molecule has 0 bridgehead atoms. The molecular weight excluding hydrogens is 248 g/mol. The highest BCUT2D eigenvalue weighted by Crippen LogP contribution is 2.17. The molecule has 0 amide bonds. The number of rotatable bonds is 4. The highest BCUT2D eigenvalue weighted by Gasteiger charge is 2.24. The van der Waals surface area contributed by atoms with Gasteiger partial charge in [-0.3, -0.25) is 9.58 Å². The minimum Gasteiger partial charge on any atom is -0.313 e. The molecule has 0 aromatic carbocycles. The zero-order valence-corrected chi connectivity index (χ0v) is 13.7. The van der Waals surface area contributed by atoms with Crippen molar-refractivity contribution in [2.75, 3.05) is 13.1 Å². The zero-order chi connectivity index (χ0) is 14.7. The van der Waals surface area contributed by atoms with E-state index in [1.165, 1.54) is 18.5 Å². The Morgan fingerprint density at radius 2 is 2.20 bits per heavy atom. The van der Waals surface area contributed by atoms with E-state index in [1.807, 2.05) is 4.68 Å². The van der Waals surface area contributed by atoms with Crippen LogP contribution in [0, 0.1) is 12.8 Å². The summed E-state index contributed by atoms with van der Waals surface area (Å²) in [4.78, 5) is 2.61. The molecule has 4 nitrogen and oxygen atoms in total. The SMILES string of the molecule is Cc1cc(CN2CC(CC(C)C)NCCC2C)n(C)n1. The molecule has 4 heteroatoms. The molecule has 1 aliphatic rings. The first kappa shape index (κ1) is 15.5. The normalized spacial score (nSPS) is 25.1. The Bertz CT molecular complexity index is 424. The molecule has 2 atom stereocenters. The van der Waals surface area contributed by atoms with Gasteiger partial charge in [-0.15, -0.1) is 0 Å². The van der Waals surface area contributed by atoms with Crippen molar-refractivity contribution >= 4 is 0 Å². The average molecular weight is 278 g/mol. The smallest absolute Gasteiger partial charge is 0.0597 e. The first-order chi connectivity index (χ1) is 9.45. The van der Waals surface area contributed by atoms with Gasteiger partial charge >= 0.3 is 0 Å². The van der Waals surface area contributed by atoms with Gasteiger partial charge in [-0.1, -0.05) is 13.8 Å². The summed E-state index contributed by atoms with van der Waals surface area (Å²) in [5.74, 6) is 0.752. The van der Waals surface area contributed by atoms with Crippen LogP contribution in [0.3, 0.4) is 0 Å². The van der Waals surface area contributed by atoms with Gasteiger partial charge in [-0.05, 0) is 45.2 Å². The van der Waals surface area contributed by atoms with Crippen molar-refractivity contribution in [2.24, 2.45) is 13.0 Å². The third kappa shape index (κ3) is 4.06. The molecule has 1 saturated heterocycles. The van der Waals surface area contributed by atoms with Crippen LogP contribution in [0.1, 0.15) is 45.0 Å². The Labute approximate surface area is 123 Å². The van der Waals surface area contributed by atoms with Gasteiger partial charge in [-0.2, -0.15) is 5.10 Å². The van der Waals surface area contributed by atoms with Crippen LogP contribution in [0.15, 0.2) is 6.07 Å². The molecule has 1 aromatic heterocycles. The fraction of sp³-hybridized carbons (Fsp3) is 0.812. The van der Waals surface area contributed by atoms with Crippen LogP contribution in [0.5, 0.6) is 0 Å². The van der Waals surface area contributed by atoms with E-state index in [0.29, 0.717) is 12.1 Å². The summed E-state index contributed by atoms with van der Waals surface area (Å²) in [5.41, 5.74) is 2.43. The quantitative estimate of drug-likeness (QED) is 0.917. The highest BCUT2D eigenvalue weighted by atomic mass is 15.3. The van der Waals surface area contributed by atoms with E-state index in [4.69, 9.17) is 0 Å². The summed E-state index contributed by atoms with van der Waals surface area (Å²) in [6.45, 7) is 12.3. The largest absolute Gasteiger partial charge is 0.313 e. The van der Waals surface area contributed by atoms with Crippen LogP contribution in [0.4, 0.5) is 0 Å². The van der Waals surface area contributed by atoms with Crippen molar-refractivity contribution in [1.29, 1.82) is 0 Å². The molecule has 1 aliphatic heterocycles. The van der Waals surface area contributed by atoms with Gasteiger partial charge in [0.15, 0.2) is 0 Å². The molecule has 2 rings (SSSR count). The Morgan fingerprint density at radius 3 is 2.80 bits per heavy atom. The molecule has 2 heterocycles. The molecule has 2 unspecified atom stereocenters. The van der Waals surface area contributed by atoms with Gasteiger partial charge in [0, 0.05) is 32.2 Å². The Morgan fingerprint density at radius 1 is 1.45 bits per heavy atom. The van der Waals surface area contributed by atoms with Crippen LogP contribution < -0.4 is 5.32 Å². The molecule has 114 valence electrons. The molecule has 0 radical (unpaired) electrons. The lowest BCUT2D eigenvalue weighted by atomic mass is 10.0. The van der Waals surface area contributed by atoms with Gasteiger partial charge in [0.1, 0.15) is 0 Å². The van der Waals surface area contributed by atoms with Crippen molar-refractivity contribution in [2.45, 2.75) is 59.2 Å². The van der Waals surface area contributed by atoms with Gasteiger partial charge < -0.3 is 5.32 Å². The number of aromatic nitrogens is 2. The van der Waals surface area contributed by atoms with Crippen LogP contribution in [0.25, 0.3) is 0 Å². The van der Waals surface area contributed by atoms with E-state index in [0.717, 1.165) is 31.2 Å². The predicted molar refractivity (Wildman–Crippen MR) is 83.7 cm³/mol. The molecule has 20 heavy (non-hydrogen) atoms. The summed E-state index contributed by atoms with van der Waals surface area (Å²) in [6.07, 6.45) is 2.49. The number of nitrogens with zero attached hydrogens (tertiary/aromatic N) is 3. The van der Waals surface area contributed by atoms with Crippen molar-refractivity contribution in [3.05, 3.63) is 17.5 Å². The van der Waals surface area contributed by atoms with E-state index in [-0.39, 0.29) is 0 Å². The third-order valence-corrected chi connectivity index (χ3v) is 4.29. The minimum atomic E-state index is 0.620. The maximum absolute atomic E-state index is 4.47. The minimum absolute atomic E-state index is 0.620.